The lowest BCUT2D eigenvalue weighted by Gasteiger charge is -2.12. The number of hydrogen-bond donors (Lipinski definition) is 0. The Morgan fingerprint density at radius 1 is 1.29 bits per heavy atom. The van der Waals surface area contributed by atoms with E-state index in [1.165, 1.54) is 0 Å². The summed E-state index contributed by atoms with van der Waals surface area (Å²) < 4.78 is 7.01. The number of imidazole rings is 1. The smallest absolute Gasteiger partial charge is 0.358 e. The highest BCUT2D eigenvalue weighted by molar-refractivity contribution is 6.14. The molecule has 138 valence electrons. The van der Waals surface area contributed by atoms with Crippen LogP contribution in [-0.4, -0.2) is 32.8 Å². The highest BCUT2D eigenvalue weighted by Crippen LogP contribution is 2.27. The third kappa shape index (κ3) is 2.97. The highest BCUT2D eigenvalue weighted by atomic mass is 16.5. The quantitative estimate of drug-likeness (QED) is 0.525. The van der Waals surface area contributed by atoms with Crippen LogP contribution in [-0.2, 0) is 11.3 Å². The summed E-state index contributed by atoms with van der Waals surface area (Å²) in [7, 11) is 0. The molecule has 3 heterocycles. The van der Waals surface area contributed by atoms with Crippen LogP contribution in [0, 0.1) is 19.3 Å². The maximum absolute atomic E-state index is 12.3. The van der Waals surface area contributed by atoms with E-state index in [0.717, 1.165) is 33.8 Å². The second kappa shape index (κ2) is 7.12. The Kier molecular flexibility index (Phi) is 4.50. The molecule has 1 aliphatic heterocycles. The zero-order valence-electron chi connectivity index (χ0n) is 15.6. The minimum Gasteiger partial charge on any atom is -0.461 e. The monoisotopic (exact) mass is 370 g/mol. The molecule has 1 aromatic carbocycles. The van der Waals surface area contributed by atoms with Gasteiger partial charge in [0.2, 0.25) is 0 Å². The Morgan fingerprint density at radius 3 is 2.86 bits per heavy atom. The van der Waals surface area contributed by atoms with Crippen molar-refractivity contribution in [3.05, 3.63) is 76.6 Å². The van der Waals surface area contributed by atoms with Gasteiger partial charge in [-0.3, -0.25) is 14.5 Å². The Hall–Kier alpha value is -3.72. The number of terminal acetylenes is 1. The van der Waals surface area contributed by atoms with E-state index < -0.39 is 5.97 Å². The standard InChI is InChI=1S/C22H18N4O2/c1-4-15-7-9-18-16(10-15)20(17-8-6-14(3)11-23-17)24-12-19-21(22(27)28-5-2)25-13-26(18)19/h1,6-11,13H,5,12H2,2-3H3. The molecule has 0 amide bonds. The molecule has 0 saturated heterocycles. The molecule has 2 aromatic heterocycles. The van der Waals surface area contributed by atoms with Gasteiger partial charge in [0.05, 0.1) is 35.9 Å². The van der Waals surface area contributed by atoms with Crippen molar-refractivity contribution in [1.29, 1.82) is 0 Å². The van der Waals surface area contributed by atoms with E-state index in [-0.39, 0.29) is 18.8 Å². The van der Waals surface area contributed by atoms with E-state index in [1.807, 2.05) is 41.8 Å². The summed E-state index contributed by atoms with van der Waals surface area (Å²) in [5, 5.41) is 0. The minimum atomic E-state index is -0.454. The zero-order chi connectivity index (χ0) is 19.7. The van der Waals surface area contributed by atoms with Gasteiger partial charge < -0.3 is 4.74 Å². The number of aryl methyl sites for hydroxylation is 1. The molecule has 0 N–H and O–H groups in total. The summed E-state index contributed by atoms with van der Waals surface area (Å²) in [6.45, 7) is 4.32. The van der Waals surface area contributed by atoms with Crippen molar-refractivity contribution in [1.82, 2.24) is 14.5 Å². The number of fused-ring (bicyclic) bond motifs is 3. The number of hydrogen-bond acceptors (Lipinski definition) is 5. The molecule has 28 heavy (non-hydrogen) atoms. The topological polar surface area (TPSA) is 69.4 Å². The fraction of sp³-hybridized carbons (Fsp3) is 0.182. The Morgan fingerprint density at radius 2 is 2.14 bits per heavy atom. The van der Waals surface area contributed by atoms with Crippen LogP contribution in [0.25, 0.3) is 5.69 Å². The summed E-state index contributed by atoms with van der Waals surface area (Å²) in [5.74, 6) is 2.21. The molecule has 0 radical (unpaired) electrons. The van der Waals surface area contributed by atoms with Crippen LogP contribution in [0.5, 0.6) is 0 Å². The molecular weight excluding hydrogens is 352 g/mol. The van der Waals surface area contributed by atoms with Crippen molar-refractivity contribution >= 4 is 11.7 Å². The summed E-state index contributed by atoms with van der Waals surface area (Å²) in [5.41, 5.74) is 5.92. The summed E-state index contributed by atoms with van der Waals surface area (Å²) in [6.07, 6.45) is 9.04. The first kappa shape index (κ1) is 17.7. The first-order chi connectivity index (χ1) is 13.6. The predicted octanol–water partition coefficient (Wildman–Crippen LogP) is 3.08. The molecule has 0 atom stereocenters. The predicted molar refractivity (Wildman–Crippen MR) is 106 cm³/mol. The van der Waals surface area contributed by atoms with Gasteiger partial charge in [-0.05, 0) is 43.7 Å². The molecule has 0 unspecified atom stereocenters. The Labute approximate surface area is 162 Å². The van der Waals surface area contributed by atoms with Gasteiger partial charge in [0.15, 0.2) is 5.69 Å². The van der Waals surface area contributed by atoms with Crippen LogP contribution in [0.1, 0.15) is 45.5 Å². The van der Waals surface area contributed by atoms with Gasteiger partial charge in [0.1, 0.15) is 6.33 Å². The van der Waals surface area contributed by atoms with Crippen LogP contribution < -0.4 is 0 Å². The zero-order valence-corrected chi connectivity index (χ0v) is 15.6. The maximum Gasteiger partial charge on any atom is 0.358 e. The molecule has 0 fully saturated rings. The Bertz CT molecular complexity index is 1130. The largest absolute Gasteiger partial charge is 0.461 e. The average Bonchev–Trinajstić information content (AvgIpc) is 3.06. The molecule has 0 bridgehead atoms. The minimum absolute atomic E-state index is 0.274. The van der Waals surface area contributed by atoms with Crippen molar-refractivity contribution in [2.45, 2.75) is 20.4 Å². The fourth-order valence-electron chi connectivity index (χ4n) is 3.19. The van der Waals surface area contributed by atoms with Crippen molar-refractivity contribution < 1.29 is 9.53 Å². The van der Waals surface area contributed by atoms with Gasteiger partial charge in [-0.15, -0.1) is 6.42 Å². The first-order valence-corrected chi connectivity index (χ1v) is 8.94. The lowest BCUT2D eigenvalue weighted by Crippen LogP contribution is -2.09. The van der Waals surface area contributed by atoms with Crippen LogP contribution >= 0.6 is 0 Å². The van der Waals surface area contributed by atoms with Crippen LogP contribution in [0.15, 0.2) is 47.8 Å². The van der Waals surface area contributed by atoms with Gasteiger partial charge in [-0.2, -0.15) is 0 Å². The lowest BCUT2D eigenvalue weighted by molar-refractivity contribution is 0.0518. The average molecular weight is 370 g/mol. The summed E-state index contributed by atoms with van der Waals surface area (Å²) >= 11 is 0. The number of ether oxygens (including phenoxy) is 1. The second-order valence-corrected chi connectivity index (χ2v) is 6.39. The van der Waals surface area contributed by atoms with E-state index in [1.54, 1.807) is 19.4 Å². The molecule has 0 saturated carbocycles. The molecule has 4 rings (SSSR count). The number of carbonyl (C=O) groups is 1. The fourth-order valence-corrected chi connectivity index (χ4v) is 3.19. The number of pyridine rings is 1. The van der Waals surface area contributed by atoms with Crippen molar-refractivity contribution in [3.63, 3.8) is 0 Å². The van der Waals surface area contributed by atoms with Gasteiger partial charge in [-0.25, -0.2) is 9.78 Å². The first-order valence-electron chi connectivity index (χ1n) is 8.94. The van der Waals surface area contributed by atoms with E-state index in [2.05, 4.69) is 15.9 Å². The number of carbonyl (C=O) groups excluding carboxylic acids is 1. The van der Waals surface area contributed by atoms with E-state index in [4.69, 9.17) is 16.2 Å². The number of aliphatic imine (C=N–C) groups is 1. The van der Waals surface area contributed by atoms with Crippen molar-refractivity contribution in [3.8, 4) is 18.0 Å². The second-order valence-electron chi connectivity index (χ2n) is 6.39. The lowest BCUT2D eigenvalue weighted by atomic mass is 10.0. The summed E-state index contributed by atoms with van der Waals surface area (Å²) in [4.78, 5) is 25.9. The molecule has 1 aliphatic rings. The van der Waals surface area contributed by atoms with Crippen molar-refractivity contribution in [2.24, 2.45) is 4.99 Å². The molecule has 0 aliphatic carbocycles. The maximum atomic E-state index is 12.3. The summed E-state index contributed by atoms with van der Waals surface area (Å²) in [6, 6.07) is 9.62. The van der Waals surface area contributed by atoms with Crippen LogP contribution in [0.2, 0.25) is 0 Å². The number of aromatic nitrogens is 3. The van der Waals surface area contributed by atoms with Gasteiger partial charge in [0.25, 0.3) is 0 Å². The molecular formula is C22H18N4O2. The normalized spacial score (nSPS) is 12.2. The van der Waals surface area contributed by atoms with Crippen molar-refractivity contribution in [2.75, 3.05) is 6.61 Å². The number of esters is 1. The van der Waals surface area contributed by atoms with E-state index >= 15 is 0 Å². The molecule has 6 nitrogen and oxygen atoms in total. The highest BCUT2D eigenvalue weighted by Gasteiger charge is 2.25. The van der Waals surface area contributed by atoms with Gasteiger partial charge in [0, 0.05) is 17.3 Å². The number of nitrogens with zero attached hydrogens (tertiary/aromatic N) is 4. The van der Waals surface area contributed by atoms with E-state index in [9.17, 15) is 4.79 Å². The molecule has 3 aromatic rings. The molecule has 6 heteroatoms. The SMILES string of the molecule is C#Cc1ccc2c(c1)C(c1ccc(C)cn1)=NCc1c(C(=O)OCC)ncn1-2. The number of rotatable bonds is 3. The third-order valence-electron chi connectivity index (χ3n) is 4.55. The third-order valence-corrected chi connectivity index (χ3v) is 4.55. The van der Waals surface area contributed by atoms with Crippen LogP contribution in [0.4, 0.5) is 0 Å². The van der Waals surface area contributed by atoms with Gasteiger partial charge >= 0.3 is 5.97 Å². The number of benzene rings is 1. The van der Waals surface area contributed by atoms with Crippen LogP contribution in [0.3, 0.4) is 0 Å². The Balaban J connectivity index is 1.93. The van der Waals surface area contributed by atoms with E-state index in [0.29, 0.717) is 5.69 Å². The molecule has 0 spiro atoms. The van der Waals surface area contributed by atoms with Gasteiger partial charge in [-0.1, -0.05) is 12.0 Å².